The molecule has 0 N–H and O–H groups in total. The highest BCUT2D eigenvalue weighted by molar-refractivity contribution is 6.20. The summed E-state index contributed by atoms with van der Waals surface area (Å²) in [4.78, 5) is 4.43. The highest BCUT2D eigenvalue weighted by Crippen LogP contribution is 2.28. The van der Waals surface area contributed by atoms with Crippen LogP contribution in [-0.2, 0) is 6.42 Å². The third-order valence-electron chi connectivity index (χ3n) is 4.02. The first-order valence-corrected chi connectivity index (χ1v) is 7.73. The van der Waals surface area contributed by atoms with Crippen molar-refractivity contribution in [2.75, 3.05) is 0 Å². The zero-order valence-corrected chi connectivity index (χ0v) is 12.1. The molecule has 1 aliphatic carbocycles. The zero-order chi connectivity index (χ0) is 12.8. The lowest BCUT2D eigenvalue weighted by Gasteiger charge is -2.22. The Balaban J connectivity index is 1.71. The van der Waals surface area contributed by atoms with Crippen LogP contribution in [0.4, 0.5) is 0 Å². The van der Waals surface area contributed by atoms with E-state index < -0.39 is 0 Å². The van der Waals surface area contributed by atoms with Crippen molar-refractivity contribution in [1.29, 1.82) is 0 Å². The second-order valence-electron chi connectivity index (χ2n) is 5.71. The first-order chi connectivity index (χ1) is 8.74. The lowest BCUT2D eigenvalue weighted by Crippen LogP contribution is -2.11. The minimum absolute atomic E-state index is 0.252. The fraction of sp³-hybridized carbons (Fsp3) is 0.688. The van der Waals surface area contributed by atoms with Crippen LogP contribution in [-0.4, -0.2) is 10.4 Å². The van der Waals surface area contributed by atoms with Gasteiger partial charge in [0.05, 0.1) is 0 Å². The van der Waals surface area contributed by atoms with Crippen LogP contribution in [0.3, 0.4) is 0 Å². The van der Waals surface area contributed by atoms with Crippen molar-refractivity contribution in [2.45, 2.75) is 63.7 Å². The number of halogens is 1. The summed E-state index contributed by atoms with van der Waals surface area (Å²) in [7, 11) is 0. The van der Waals surface area contributed by atoms with Crippen molar-refractivity contribution in [2.24, 2.45) is 5.92 Å². The Hall–Kier alpha value is -0.560. The molecule has 18 heavy (non-hydrogen) atoms. The fourth-order valence-corrected chi connectivity index (χ4v) is 3.12. The lowest BCUT2D eigenvalue weighted by molar-refractivity contribution is 0.330. The number of rotatable bonds is 5. The highest BCUT2D eigenvalue weighted by Gasteiger charge is 2.15. The van der Waals surface area contributed by atoms with E-state index in [0.717, 1.165) is 24.5 Å². The molecule has 1 atom stereocenters. The van der Waals surface area contributed by atoms with Crippen LogP contribution in [0.2, 0.25) is 0 Å². The van der Waals surface area contributed by atoms with Crippen molar-refractivity contribution in [3.05, 3.63) is 29.6 Å². The molecule has 1 unspecified atom stereocenters. The Morgan fingerprint density at radius 2 is 2.06 bits per heavy atom. The zero-order valence-electron chi connectivity index (χ0n) is 11.4. The van der Waals surface area contributed by atoms with Gasteiger partial charge in [0.15, 0.2) is 0 Å². The molecule has 1 saturated carbocycles. The second kappa shape index (κ2) is 7.13. The van der Waals surface area contributed by atoms with E-state index in [4.69, 9.17) is 11.6 Å². The quantitative estimate of drug-likeness (QED) is 0.690. The summed E-state index contributed by atoms with van der Waals surface area (Å²) in [6.07, 6.45) is 12.4. The molecule has 0 amide bonds. The van der Waals surface area contributed by atoms with Gasteiger partial charge in [-0.15, -0.1) is 11.6 Å². The van der Waals surface area contributed by atoms with Crippen LogP contribution in [0.15, 0.2) is 18.3 Å². The molecule has 0 spiro atoms. The molecule has 1 aliphatic rings. The smallest absolute Gasteiger partial charge is 0.0418 e. The van der Waals surface area contributed by atoms with Crippen molar-refractivity contribution >= 4 is 11.6 Å². The number of pyridine rings is 1. The Morgan fingerprint density at radius 3 is 2.72 bits per heavy atom. The molecule has 1 heterocycles. The van der Waals surface area contributed by atoms with E-state index in [-0.39, 0.29) is 5.38 Å². The summed E-state index contributed by atoms with van der Waals surface area (Å²) >= 11 is 6.43. The lowest BCUT2D eigenvalue weighted by atomic mass is 9.85. The highest BCUT2D eigenvalue weighted by atomic mass is 35.5. The maximum Gasteiger partial charge on any atom is 0.0418 e. The molecular formula is C16H24ClN. The maximum atomic E-state index is 6.43. The van der Waals surface area contributed by atoms with Gasteiger partial charge in [0.2, 0.25) is 0 Å². The molecule has 1 aromatic heterocycles. The number of aromatic nitrogens is 1. The maximum absolute atomic E-state index is 6.43. The number of alkyl halides is 1. The number of hydrogen-bond donors (Lipinski definition) is 0. The molecule has 0 aromatic carbocycles. The van der Waals surface area contributed by atoms with Crippen LogP contribution in [0.5, 0.6) is 0 Å². The van der Waals surface area contributed by atoms with Gasteiger partial charge in [0.25, 0.3) is 0 Å². The van der Waals surface area contributed by atoms with Crippen LogP contribution < -0.4 is 0 Å². The standard InChI is InChI=1S/C16H24ClN/c1-13-7-10-16(18-12-13)11-15(17)9-8-14-5-3-2-4-6-14/h7,10,12,14-15H,2-6,8-9,11H2,1H3. The SMILES string of the molecule is Cc1ccc(CC(Cl)CCC2CCCCC2)nc1. The molecule has 1 nitrogen and oxygen atoms in total. The Labute approximate surface area is 116 Å². The first-order valence-electron chi connectivity index (χ1n) is 7.29. The summed E-state index contributed by atoms with van der Waals surface area (Å²) in [5.74, 6) is 0.936. The van der Waals surface area contributed by atoms with Crippen molar-refractivity contribution in [1.82, 2.24) is 4.98 Å². The second-order valence-corrected chi connectivity index (χ2v) is 6.33. The Bertz CT molecular complexity index is 341. The summed E-state index contributed by atoms with van der Waals surface area (Å²) < 4.78 is 0. The molecule has 2 heteroatoms. The van der Waals surface area contributed by atoms with Gasteiger partial charge in [-0.3, -0.25) is 4.98 Å². The molecule has 0 radical (unpaired) electrons. The van der Waals surface area contributed by atoms with E-state index in [1.54, 1.807) is 0 Å². The molecule has 2 rings (SSSR count). The normalized spacial score (nSPS) is 18.8. The van der Waals surface area contributed by atoms with E-state index in [2.05, 4.69) is 24.0 Å². The summed E-state index contributed by atoms with van der Waals surface area (Å²) in [5.41, 5.74) is 2.34. The molecule has 1 fully saturated rings. The molecule has 0 bridgehead atoms. The first kappa shape index (κ1) is 13.9. The number of aryl methyl sites for hydroxylation is 1. The van der Waals surface area contributed by atoms with E-state index in [1.165, 1.54) is 44.1 Å². The number of hydrogen-bond acceptors (Lipinski definition) is 1. The van der Waals surface area contributed by atoms with Crippen molar-refractivity contribution < 1.29 is 0 Å². The van der Waals surface area contributed by atoms with E-state index in [9.17, 15) is 0 Å². The monoisotopic (exact) mass is 265 g/mol. The minimum Gasteiger partial charge on any atom is -0.261 e. The fourth-order valence-electron chi connectivity index (χ4n) is 2.84. The molecule has 1 aromatic rings. The predicted molar refractivity (Wildman–Crippen MR) is 78.1 cm³/mol. The van der Waals surface area contributed by atoms with Crippen LogP contribution in [0.25, 0.3) is 0 Å². The number of nitrogens with zero attached hydrogens (tertiary/aromatic N) is 1. The van der Waals surface area contributed by atoms with Gasteiger partial charge >= 0.3 is 0 Å². The van der Waals surface area contributed by atoms with Gasteiger partial charge in [-0.25, -0.2) is 0 Å². The molecular weight excluding hydrogens is 242 g/mol. The van der Waals surface area contributed by atoms with Crippen molar-refractivity contribution in [3.63, 3.8) is 0 Å². The third kappa shape index (κ3) is 4.61. The molecule has 0 saturated heterocycles. The topological polar surface area (TPSA) is 12.9 Å². The van der Waals surface area contributed by atoms with Gasteiger partial charge in [0.1, 0.15) is 0 Å². The van der Waals surface area contributed by atoms with Crippen molar-refractivity contribution in [3.8, 4) is 0 Å². The van der Waals surface area contributed by atoms with Gasteiger partial charge in [-0.05, 0) is 37.3 Å². The van der Waals surface area contributed by atoms with E-state index >= 15 is 0 Å². The summed E-state index contributed by atoms with van der Waals surface area (Å²) in [6.45, 7) is 2.07. The summed E-state index contributed by atoms with van der Waals surface area (Å²) in [6, 6.07) is 4.22. The third-order valence-corrected chi connectivity index (χ3v) is 4.39. The van der Waals surface area contributed by atoms with Gasteiger partial charge in [-0.2, -0.15) is 0 Å². The molecule has 100 valence electrons. The van der Waals surface area contributed by atoms with Gasteiger partial charge in [-0.1, -0.05) is 38.2 Å². The van der Waals surface area contributed by atoms with E-state index in [0.29, 0.717) is 0 Å². The minimum atomic E-state index is 0.252. The molecule has 0 aliphatic heterocycles. The predicted octanol–water partition coefficient (Wildman–Crippen LogP) is 4.90. The van der Waals surface area contributed by atoms with Gasteiger partial charge < -0.3 is 0 Å². The average molecular weight is 266 g/mol. The Kier molecular flexibility index (Phi) is 5.49. The summed E-state index contributed by atoms with van der Waals surface area (Å²) in [5, 5.41) is 0.252. The van der Waals surface area contributed by atoms with Gasteiger partial charge in [0, 0.05) is 23.7 Å². The average Bonchev–Trinajstić information content (AvgIpc) is 2.40. The Morgan fingerprint density at radius 1 is 1.28 bits per heavy atom. The van der Waals surface area contributed by atoms with Crippen LogP contribution >= 0.6 is 11.6 Å². The van der Waals surface area contributed by atoms with Crippen LogP contribution in [0, 0.1) is 12.8 Å². The van der Waals surface area contributed by atoms with Crippen LogP contribution in [0.1, 0.15) is 56.2 Å². The largest absolute Gasteiger partial charge is 0.261 e. The van der Waals surface area contributed by atoms with E-state index in [1.807, 2.05) is 6.20 Å².